The van der Waals surface area contributed by atoms with Crippen LogP contribution in [0.15, 0.2) is 16.2 Å². The predicted molar refractivity (Wildman–Crippen MR) is 69.5 cm³/mol. The fourth-order valence-corrected chi connectivity index (χ4v) is 3.13. The number of hydrogen-bond donors (Lipinski definition) is 1. The van der Waals surface area contributed by atoms with Crippen molar-refractivity contribution in [2.45, 2.75) is 37.6 Å². The Hall–Kier alpha value is -1.27. The van der Waals surface area contributed by atoms with Crippen molar-refractivity contribution in [3.63, 3.8) is 0 Å². The average molecular weight is 264 g/mol. The SMILES string of the molecule is CNC1CCCCC1c1nc(-c2cncs2)no1. The molecule has 0 saturated heterocycles. The van der Waals surface area contributed by atoms with Gasteiger partial charge in [-0.2, -0.15) is 4.98 Å². The quantitative estimate of drug-likeness (QED) is 0.922. The predicted octanol–water partition coefficient (Wildman–Crippen LogP) is 2.44. The first-order valence-corrected chi connectivity index (χ1v) is 7.16. The summed E-state index contributed by atoms with van der Waals surface area (Å²) < 4.78 is 5.44. The number of nitrogens with zero attached hydrogens (tertiary/aromatic N) is 3. The molecule has 1 N–H and O–H groups in total. The number of aromatic nitrogens is 3. The third kappa shape index (κ3) is 2.18. The molecule has 2 aromatic heterocycles. The minimum absolute atomic E-state index is 0.345. The van der Waals surface area contributed by atoms with Gasteiger partial charge in [0.05, 0.1) is 16.3 Å². The molecule has 1 fully saturated rings. The maximum Gasteiger partial charge on any atom is 0.231 e. The van der Waals surface area contributed by atoms with Crippen molar-refractivity contribution < 1.29 is 4.52 Å². The summed E-state index contributed by atoms with van der Waals surface area (Å²) in [4.78, 5) is 9.52. The molecule has 1 saturated carbocycles. The molecule has 6 heteroatoms. The van der Waals surface area contributed by atoms with Gasteiger partial charge in [0.1, 0.15) is 0 Å². The van der Waals surface area contributed by atoms with E-state index in [-0.39, 0.29) is 0 Å². The maximum absolute atomic E-state index is 5.44. The van der Waals surface area contributed by atoms with Crippen molar-refractivity contribution in [3.05, 3.63) is 17.6 Å². The minimum Gasteiger partial charge on any atom is -0.339 e. The zero-order valence-electron chi connectivity index (χ0n) is 10.3. The molecule has 0 aliphatic heterocycles. The van der Waals surface area contributed by atoms with Gasteiger partial charge in [-0.3, -0.25) is 4.98 Å². The molecule has 2 aromatic rings. The van der Waals surface area contributed by atoms with Crippen LogP contribution in [0.25, 0.3) is 10.7 Å². The number of likely N-dealkylation sites (N-methyl/N-ethyl adjacent to an activating group) is 1. The second-order valence-electron chi connectivity index (χ2n) is 4.61. The van der Waals surface area contributed by atoms with Gasteiger partial charge >= 0.3 is 0 Å². The van der Waals surface area contributed by atoms with Gasteiger partial charge in [0, 0.05) is 12.2 Å². The molecule has 1 aliphatic rings. The summed E-state index contributed by atoms with van der Waals surface area (Å²) in [5, 5.41) is 7.42. The Balaban J connectivity index is 1.84. The van der Waals surface area contributed by atoms with E-state index in [0.29, 0.717) is 17.8 Å². The number of nitrogens with one attached hydrogen (secondary N) is 1. The molecule has 18 heavy (non-hydrogen) atoms. The van der Waals surface area contributed by atoms with E-state index in [9.17, 15) is 0 Å². The molecule has 0 bridgehead atoms. The second-order valence-corrected chi connectivity index (χ2v) is 5.49. The summed E-state index contributed by atoms with van der Waals surface area (Å²) in [5.41, 5.74) is 1.78. The summed E-state index contributed by atoms with van der Waals surface area (Å²) >= 11 is 1.53. The Bertz CT molecular complexity index is 496. The Labute approximate surface area is 110 Å². The molecule has 0 radical (unpaired) electrons. The monoisotopic (exact) mass is 264 g/mol. The largest absolute Gasteiger partial charge is 0.339 e. The first-order chi connectivity index (χ1) is 8.88. The van der Waals surface area contributed by atoms with Gasteiger partial charge in [-0.15, -0.1) is 11.3 Å². The van der Waals surface area contributed by atoms with E-state index in [0.717, 1.165) is 17.2 Å². The lowest BCUT2D eigenvalue weighted by atomic mass is 9.84. The van der Waals surface area contributed by atoms with Crippen molar-refractivity contribution in [2.75, 3.05) is 7.05 Å². The molecule has 3 rings (SSSR count). The summed E-state index contributed by atoms with van der Waals surface area (Å²) in [6.45, 7) is 0. The molecule has 96 valence electrons. The van der Waals surface area contributed by atoms with Crippen molar-refractivity contribution in [1.29, 1.82) is 0 Å². The van der Waals surface area contributed by atoms with Gasteiger partial charge in [0.15, 0.2) is 0 Å². The first kappa shape index (κ1) is 11.8. The highest BCUT2D eigenvalue weighted by atomic mass is 32.1. The highest BCUT2D eigenvalue weighted by Crippen LogP contribution is 2.33. The van der Waals surface area contributed by atoms with Gasteiger partial charge in [0.2, 0.25) is 11.7 Å². The highest BCUT2D eigenvalue weighted by Gasteiger charge is 2.30. The van der Waals surface area contributed by atoms with Gasteiger partial charge < -0.3 is 9.84 Å². The topological polar surface area (TPSA) is 63.8 Å². The first-order valence-electron chi connectivity index (χ1n) is 6.28. The third-order valence-electron chi connectivity index (χ3n) is 3.55. The number of thiazole rings is 1. The molecule has 5 nitrogen and oxygen atoms in total. The summed E-state index contributed by atoms with van der Waals surface area (Å²) in [5.74, 6) is 1.77. The summed E-state index contributed by atoms with van der Waals surface area (Å²) in [6.07, 6.45) is 6.59. The lowest BCUT2D eigenvalue weighted by Gasteiger charge is -2.28. The summed E-state index contributed by atoms with van der Waals surface area (Å²) in [6, 6.07) is 0.452. The van der Waals surface area contributed by atoms with Crippen LogP contribution in [0.5, 0.6) is 0 Å². The van der Waals surface area contributed by atoms with Gasteiger partial charge in [0.25, 0.3) is 0 Å². The zero-order chi connectivity index (χ0) is 12.4. The van der Waals surface area contributed by atoms with E-state index in [4.69, 9.17) is 4.52 Å². The standard InChI is InChI=1S/C12H16N4OS/c1-13-9-5-3-2-4-8(9)12-15-11(16-17-12)10-6-14-7-18-10/h6-9,13H,2-5H2,1H3. The van der Waals surface area contributed by atoms with Gasteiger partial charge in [-0.05, 0) is 19.9 Å². The molecule has 0 aromatic carbocycles. The normalized spacial score (nSPS) is 24.3. The van der Waals surface area contributed by atoms with Crippen LogP contribution in [-0.2, 0) is 0 Å². The second kappa shape index (κ2) is 5.16. The zero-order valence-corrected chi connectivity index (χ0v) is 11.1. The molecule has 2 unspecified atom stereocenters. The fourth-order valence-electron chi connectivity index (χ4n) is 2.58. The maximum atomic E-state index is 5.44. The van der Waals surface area contributed by atoms with Crippen molar-refractivity contribution in [3.8, 4) is 10.7 Å². The fraction of sp³-hybridized carbons (Fsp3) is 0.583. The van der Waals surface area contributed by atoms with Crippen molar-refractivity contribution in [2.24, 2.45) is 0 Å². The average Bonchev–Trinajstić information content (AvgIpc) is 3.09. The van der Waals surface area contributed by atoms with E-state index in [1.807, 2.05) is 7.05 Å². The summed E-state index contributed by atoms with van der Waals surface area (Å²) in [7, 11) is 2.00. The Morgan fingerprint density at radius 3 is 3.06 bits per heavy atom. The third-order valence-corrected chi connectivity index (χ3v) is 4.32. The van der Waals surface area contributed by atoms with E-state index in [1.165, 1.54) is 30.6 Å². The Kier molecular flexibility index (Phi) is 3.38. The van der Waals surface area contributed by atoms with Crippen molar-refractivity contribution >= 4 is 11.3 Å². The molecule has 2 atom stereocenters. The lowest BCUT2D eigenvalue weighted by Crippen LogP contribution is -2.34. The van der Waals surface area contributed by atoms with Crippen LogP contribution in [0, 0.1) is 0 Å². The Morgan fingerprint density at radius 2 is 2.28 bits per heavy atom. The van der Waals surface area contributed by atoms with Gasteiger partial charge in [-0.25, -0.2) is 0 Å². The van der Waals surface area contributed by atoms with Crippen LogP contribution in [0.2, 0.25) is 0 Å². The minimum atomic E-state index is 0.345. The molecular formula is C12H16N4OS. The van der Waals surface area contributed by atoms with Crippen LogP contribution >= 0.6 is 11.3 Å². The van der Waals surface area contributed by atoms with Crippen LogP contribution in [0.1, 0.15) is 37.5 Å². The van der Waals surface area contributed by atoms with Crippen molar-refractivity contribution in [1.82, 2.24) is 20.4 Å². The van der Waals surface area contributed by atoms with Crippen LogP contribution < -0.4 is 5.32 Å². The molecule has 2 heterocycles. The smallest absolute Gasteiger partial charge is 0.231 e. The lowest BCUT2D eigenvalue weighted by molar-refractivity contribution is 0.270. The van der Waals surface area contributed by atoms with Gasteiger partial charge in [-0.1, -0.05) is 18.0 Å². The molecule has 0 amide bonds. The van der Waals surface area contributed by atoms with E-state index in [1.54, 1.807) is 11.7 Å². The highest BCUT2D eigenvalue weighted by molar-refractivity contribution is 7.13. The van der Waals surface area contributed by atoms with Crippen LogP contribution in [-0.4, -0.2) is 28.2 Å². The van der Waals surface area contributed by atoms with Crippen LogP contribution in [0.3, 0.4) is 0 Å². The van der Waals surface area contributed by atoms with Crippen LogP contribution in [0.4, 0.5) is 0 Å². The van der Waals surface area contributed by atoms with E-state index < -0.39 is 0 Å². The molecule has 1 aliphatic carbocycles. The Morgan fingerprint density at radius 1 is 1.39 bits per heavy atom. The molecular weight excluding hydrogens is 248 g/mol. The number of rotatable bonds is 3. The van der Waals surface area contributed by atoms with E-state index in [2.05, 4.69) is 20.4 Å². The number of hydrogen-bond acceptors (Lipinski definition) is 6. The molecule has 0 spiro atoms. The van der Waals surface area contributed by atoms with E-state index >= 15 is 0 Å².